The van der Waals surface area contributed by atoms with Gasteiger partial charge in [0, 0.05) is 6.61 Å². The number of Topliss-reactive ketones (excluding diaryl/α,β-unsaturated/α-hetero) is 1. The second kappa shape index (κ2) is 7.36. The maximum Gasteiger partial charge on any atom is 0.316 e. The van der Waals surface area contributed by atoms with Crippen molar-refractivity contribution in [2.75, 3.05) is 6.61 Å². The number of hydrogen-bond acceptors (Lipinski definition) is 4. The van der Waals surface area contributed by atoms with Gasteiger partial charge >= 0.3 is 5.97 Å². The Hall–Kier alpha value is -1.68. The van der Waals surface area contributed by atoms with E-state index in [1.165, 1.54) is 0 Å². The molecule has 1 rings (SSSR count). The van der Waals surface area contributed by atoms with E-state index >= 15 is 0 Å². The van der Waals surface area contributed by atoms with Crippen LogP contribution in [0.3, 0.4) is 0 Å². The average Bonchev–Trinajstić information content (AvgIpc) is 2.42. The third-order valence-corrected chi connectivity index (χ3v) is 2.88. The summed E-state index contributed by atoms with van der Waals surface area (Å²) in [5.41, 5.74) is 0.138. The maximum atomic E-state index is 12.5. The molecular weight excluding hydrogens is 268 g/mol. The van der Waals surface area contributed by atoms with Crippen LogP contribution in [0.1, 0.15) is 46.3 Å². The molecule has 2 unspecified atom stereocenters. The smallest absolute Gasteiger partial charge is 0.316 e. The van der Waals surface area contributed by atoms with E-state index in [1.807, 2.05) is 37.3 Å². The fourth-order valence-corrected chi connectivity index (χ4v) is 1.87. The first-order chi connectivity index (χ1) is 9.76. The number of ether oxygens (including phenoxy) is 2. The van der Waals surface area contributed by atoms with Gasteiger partial charge in [0.05, 0.1) is 0 Å². The van der Waals surface area contributed by atoms with Crippen molar-refractivity contribution in [1.29, 1.82) is 0 Å². The number of ketones is 1. The minimum atomic E-state index is -0.860. The molecule has 4 nitrogen and oxygen atoms in total. The van der Waals surface area contributed by atoms with Crippen molar-refractivity contribution in [3.05, 3.63) is 35.9 Å². The first-order valence-electron chi connectivity index (χ1n) is 7.19. The number of esters is 1. The van der Waals surface area contributed by atoms with E-state index < -0.39 is 23.6 Å². The van der Waals surface area contributed by atoms with Gasteiger partial charge in [-0.25, -0.2) is 0 Å². The topological polar surface area (TPSA) is 52.6 Å². The summed E-state index contributed by atoms with van der Waals surface area (Å²) in [6.07, 6.45) is -0.737. The first-order valence-corrected chi connectivity index (χ1v) is 7.19. The summed E-state index contributed by atoms with van der Waals surface area (Å²) in [6.45, 7) is 9.11. The Labute approximate surface area is 126 Å². The van der Waals surface area contributed by atoms with Crippen LogP contribution in [0.25, 0.3) is 0 Å². The fourth-order valence-electron chi connectivity index (χ4n) is 1.87. The van der Waals surface area contributed by atoms with Crippen LogP contribution in [-0.2, 0) is 19.1 Å². The molecule has 116 valence electrons. The highest BCUT2D eigenvalue weighted by atomic mass is 16.6. The third-order valence-electron chi connectivity index (χ3n) is 2.88. The van der Waals surface area contributed by atoms with Gasteiger partial charge in [0.25, 0.3) is 0 Å². The van der Waals surface area contributed by atoms with E-state index in [2.05, 4.69) is 0 Å². The quantitative estimate of drug-likeness (QED) is 0.596. The molecule has 0 bridgehead atoms. The highest BCUT2D eigenvalue weighted by Crippen LogP contribution is 2.23. The van der Waals surface area contributed by atoms with Crippen LogP contribution in [0.5, 0.6) is 0 Å². The Bertz CT molecular complexity index is 473. The predicted octanol–water partition coefficient (Wildman–Crippen LogP) is 3.31. The molecule has 21 heavy (non-hydrogen) atoms. The molecule has 1 aromatic carbocycles. The SMILES string of the molecule is CCOC(C(=O)C(C)C(=O)OC(C)(C)C)c1ccccc1. The Kier molecular flexibility index (Phi) is 6.09. The van der Waals surface area contributed by atoms with E-state index in [9.17, 15) is 9.59 Å². The first kappa shape index (κ1) is 17.4. The average molecular weight is 292 g/mol. The normalized spacial score (nSPS) is 14.3. The van der Waals surface area contributed by atoms with E-state index in [0.29, 0.717) is 6.61 Å². The number of carbonyl (C=O) groups is 2. The van der Waals surface area contributed by atoms with Crippen LogP contribution in [-0.4, -0.2) is 24.0 Å². The molecular formula is C17H24O4. The van der Waals surface area contributed by atoms with Crippen molar-refractivity contribution >= 4 is 11.8 Å². The zero-order chi connectivity index (χ0) is 16.0. The van der Waals surface area contributed by atoms with E-state index in [1.54, 1.807) is 27.7 Å². The predicted molar refractivity (Wildman–Crippen MR) is 80.8 cm³/mol. The van der Waals surface area contributed by atoms with Crippen molar-refractivity contribution in [1.82, 2.24) is 0 Å². The lowest BCUT2D eigenvalue weighted by molar-refractivity contribution is -0.163. The van der Waals surface area contributed by atoms with Gasteiger partial charge in [0.15, 0.2) is 5.78 Å². The molecule has 0 aliphatic heterocycles. The van der Waals surface area contributed by atoms with Crippen molar-refractivity contribution in [2.45, 2.75) is 46.3 Å². The lowest BCUT2D eigenvalue weighted by atomic mass is 9.96. The standard InChI is InChI=1S/C17H24O4/c1-6-20-15(13-10-8-7-9-11-13)14(18)12(2)16(19)21-17(3,4)5/h7-12,15H,6H2,1-5H3. The number of benzene rings is 1. The van der Waals surface area contributed by atoms with Crippen LogP contribution in [0, 0.1) is 5.92 Å². The Balaban J connectivity index is 2.89. The van der Waals surface area contributed by atoms with Crippen molar-refractivity contribution < 1.29 is 19.1 Å². The summed E-state index contributed by atoms with van der Waals surface area (Å²) >= 11 is 0. The Morgan fingerprint density at radius 2 is 1.71 bits per heavy atom. The molecule has 0 radical (unpaired) electrons. The van der Waals surface area contributed by atoms with Gasteiger partial charge in [-0.1, -0.05) is 30.3 Å². The van der Waals surface area contributed by atoms with Gasteiger partial charge < -0.3 is 9.47 Å². The zero-order valence-corrected chi connectivity index (χ0v) is 13.4. The van der Waals surface area contributed by atoms with Gasteiger partial charge in [-0.2, -0.15) is 0 Å². The molecule has 0 aliphatic carbocycles. The van der Waals surface area contributed by atoms with Gasteiger partial charge in [0.2, 0.25) is 0 Å². The minimum absolute atomic E-state index is 0.280. The summed E-state index contributed by atoms with van der Waals surface area (Å²) < 4.78 is 10.8. The largest absolute Gasteiger partial charge is 0.459 e. The fraction of sp³-hybridized carbons (Fsp3) is 0.529. The van der Waals surface area contributed by atoms with Gasteiger partial charge in [-0.3, -0.25) is 9.59 Å². The molecule has 0 N–H and O–H groups in total. The lowest BCUT2D eigenvalue weighted by Crippen LogP contribution is -2.34. The van der Waals surface area contributed by atoms with E-state index in [4.69, 9.17) is 9.47 Å². The van der Waals surface area contributed by atoms with Crippen molar-refractivity contribution in [2.24, 2.45) is 5.92 Å². The van der Waals surface area contributed by atoms with Crippen LogP contribution in [0.2, 0.25) is 0 Å². The molecule has 0 fully saturated rings. The molecule has 0 aromatic heterocycles. The minimum Gasteiger partial charge on any atom is -0.459 e. The second-order valence-corrected chi connectivity index (χ2v) is 5.90. The maximum absolute atomic E-state index is 12.5. The molecule has 4 heteroatoms. The number of rotatable bonds is 6. The van der Waals surface area contributed by atoms with E-state index in [0.717, 1.165) is 5.56 Å². The molecule has 0 aliphatic rings. The molecule has 0 saturated carbocycles. The summed E-state index contributed by atoms with van der Waals surface area (Å²) in [4.78, 5) is 24.6. The van der Waals surface area contributed by atoms with Crippen LogP contribution in [0.4, 0.5) is 0 Å². The Morgan fingerprint density at radius 3 is 2.19 bits per heavy atom. The van der Waals surface area contributed by atoms with Crippen LogP contribution in [0.15, 0.2) is 30.3 Å². The number of carbonyl (C=O) groups excluding carboxylic acids is 2. The monoisotopic (exact) mass is 292 g/mol. The molecule has 0 spiro atoms. The molecule has 0 saturated heterocycles. The van der Waals surface area contributed by atoms with Crippen LogP contribution < -0.4 is 0 Å². The lowest BCUT2D eigenvalue weighted by Gasteiger charge is -2.24. The summed E-state index contributed by atoms with van der Waals surface area (Å²) in [5.74, 6) is -1.66. The van der Waals surface area contributed by atoms with Gasteiger partial charge in [-0.05, 0) is 40.2 Å². The van der Waals surface area contributed by atoms with Crippen LogP contribution >= 0.6 is 0 Å². The summed E-state index contributed by atoms with van der Waals surface area (Å²) in [5, 5.41) is 0. The number of hydrogen-bond donors (Lipinski definition) is 0. The summed E-state index contributed by atoms with van der Waals surface area (Å²) in [6, 6.07) is 9.19. The van der Waals surface area contributed by atoms with Crippen molar-refractivity contribution in [3.63, 3.8) is 0 Å². The molecule has 0 heterocycles. The highest BCUT2D eigenvalue weighted by molar-refractivity contribution is 6.01. The highest BCUT2D eigenvalue weighted by Gasteiger charge is 2.33. The molecule has 2 atom stereocenters. The van der Waals surface area contributed by atoms with E-state index in [-0.39, 0.29) is 5.78 Å². The third kappa shape index (κ3) is 5.31. The van der Waals surface area contributed by atoms with Crippen molar-refractivity contribution in [3.8, 4) is 0 Å². The van der Waals surface area contributed by atoms with Gasteiger partial charge in [-0.15, -0.1) is 0 Å². The Morgan fingerprint density at radius 1 is 1.14 bits per heavy atom. The molecule has 1 aromatic rings. The second-order valence-electron chi connectivity index (χ2n) is 5.90. The zero-order valence-electron chi connectivity index (χ0n) is 13.4. The summed E-state index contributed by atoms with van der Waals surface area (Å²) in [7, 11) is 0. The van der Waals surface area contributed by atoms with Gasteiger partial charge in [0.1, 0.15) is 17.6 Å². The molecule has 0 amide bonds.